The maximum Gasteiger partial charge on any atom is 0.335 e. The van der Waals surface area contributed by atoms with Crippen molar-refractivity contribution in [1.29, 1.82) is 0 Å². The van der Waals surface area contributed by atoms with Gasteiger partial charge in [0.15, 0.2) is 11.5 Å². The second kappa shape index (κ2) is 9.68. The summed E-state index contributed by atoms with van der Waals surface area (Å²) in [6.07, 6.45) is 7.86. The SMILES string of the molecule is CCCCCCCCCC(=O)C(O)=C(C)C(=O)O. The first kappa shape index (κ1) is 16.7. The Morgan fingerprint density at radius 2 is 1.39 bits per heavy atom. The first-order valence-electron chi connectivity index (χ1n) is 6.67. The summed E-state index contributed by atoms with van der Waals surface area (Å²) < 4.78 is 0. The topological polar surface area (TPSA) is 74.6 Å². The van der Waals surface area contributed by atoms with E-state index in [0.717, 1.165) is 12.8 Å². The van der Waals surface area contributed by atoms with Crippen LogP contribution in [0.15, 0.2) is 11.3 Å². The highest BCUT2D eigenvalue weighted by Crippen LogP contribution is 2.11. The lowest BCUT2D eigenvalue weighted by molar-refractivity contribution is -0.133. The summed E-state index contributed by atoms with van der Waals surface area (Å²) in [6.45, 7) is 3.40. The Hall–Kier alpha value is -1.32. The van der Waals surface area contributed by atoms with E-state index in [-0.39, 0.29) is 12.0 Å². The molecule has 0 rings (SSSR count). The Kier molecular flexibility index (Phi) is 8.97. The molecule has 4 nitrogen and oxygen atoms in total. The molecular weight excluding hydrogens is 232 g/mol. The molecule has 0 aromatic rings. The number of rotatable bonds is 10. The van der Waals surface area contributed by atoms with Gasteiger partial charge in [-0.05, 0) is 13.3 Å². The lowest BCUT2D eigenvalue weighted by Gasteiger charge is -2.03. The minimum Gasteiger partial charge on any atom is -0.504 e. The van der Waals surface area contributed by atoms with Gasteiger partial charge in [0, 0.05) is 6.42 Å². The van der Waals surface area contributed by atoms with Gasteiger partial charge in [-0.25, -0.2) is 4.79 Å². The zero-order chi connectivity index (χ0) is 14.0. The number of hydrogen-bond donors (Lipinski definition) is 2. The Morgan fingerprint density at radius 1 is 0.889 bits per heavy atom. The molecule has 4 heteroatoms. The molecule has 0 bridgehead atoms. The van der Waals surface area contributed by atoms with Gasteiger partial charge in [-0.3, -0.25) is 4.79 Å². The predicted octanol–water partition coefficient (Wildman–Crippen LogP) is 3.61. The molecule has 0 aliphatic rings. The largest absolute Gasteiger partial charge is 0.504 e. The van der Waals surface area contributed by atoms with E-state index in [2.05, 4.69) is 6.92 Å². The highest BCUT2D eigenvalue weighted by molar-refractivity contribution is 6.00. The highest BCUT2D eigenvalue weighted by atomic mass is 16.4. The van der Waals surface area contributed by atoms with Crippen molar-refractivity contribution in [2.45, 2.75) is 65.2 Å². The number of aliphatic hydroxyl groups excluding tert-OH is 1. The molecule has 104 valence electrons. The zero-order valence-corrected chi connectivity index (χ0v) is 11.4. The van der Waals surface area contributed by atoms with E-state index in [1.807, 2.05) is 0 Å². The van der Waals surface area contributed by atoms with E-state index in [0.29, 0.717) is 6.42 Å². The summed E-state index contributed by atoms with van der Waals surface area (Å²) in [5.41, 5.74) is -0.275. The molecule has 0 radical (unpaired) electrons. The molecule has 0 aliphatic carbocycles. The van der Waals surface area contributed by atoms with Crippen molar-refractivity contribution < 1.29 is 19.8 Å². The summed E-state index contributed by atoms with van der Waals surface area (Å²) in [5.74, 6) is -2.32. The third-order valence-corrected chi connectivity index (χ3v) is 2.95. The standard InChI is InChI=1S/C14H24O4/c1-3-4-5-6-7-8-9-10-12(15)13(16)11(2)14(17)18/h16H,3-10H2,1-2H3,(H,17,18). The van der Waals surface area contributed by atoms with Gasteiger partial charge in [0.05, 0.1) is 5.57 Å². The van der Waals surface area contributed by atoms with Gasteiger partial charge in [-0.1, -0.05) is 45.4 Å². The van der Waals surface area contributed by atoms with Crippen molar-refractivity contribution in [3.63, 3.8) is 0 Å². The lowest BCUT2D eigenvalue weighted by Crippen LogP contribution is -2.09. The molecule has 2 N–H and O–H groups in total. The van der Waals surface area contributed by atoms with Gasteiger partial charge < -0.3 is 10.2 Å². The molecule has 0 aromatic carbocycles. The number of ketones is 1. The molecule has 0 heterocycles. The number of carbonyl (C=O) groups is 2. The second-order valence-corrected chi connectivity index (χ2v) is 4.57. The van der Waals surface area contributed by atoms with E-state index in [4.69, 9.17) is 5.11 Å². The molecule has 18 heavy (non-hydrogen) atoms. The van der Waals surface area contributed by atoms with Crippen LogP contribution in [0.1, 0.15) is 65.2 Å². The Balaban J connectivity index is 3.78. The Labute approximate surface area is 109 Å². The fraction of sp³-hybridized carbons (Fsp3) is 0.714. The smallest absolute Gasteiger partial charge is 0.335 e. The average molecular weight is 256 g/mol. The van der Waals surface area contributed by atoms with E-state index in [1.165, 1.54) is 32.6 Å². The van der Waals surface area contributed by atoms with Crippen molar-refractivity contribution in [3.05, 3.63) is 11.3 Å². The van der Waals surface area contributed by atoms with Crippen LogP contribution in [-0.2, 0) is 9.59 Å². The summed E-state index contributed by atoms with van der Waals surface area (Å²) in [4.78, 5) is 22.0. The van der Waals surface area contributed by atoms with Crippen LogP contribution in [0, 0.1) is 0 Å². The van der Waals surface area contributed by atoms with Crippen molar-refractivity contribution >= 4 is 11.8 Å². The van der Waals surface area contributed by atoms with Crippen molar-refractivity contribution in [2.75, 3.05) is 0 Å². The zero-order valence-electron chi connectivity index (χ0n) is 11.4. The van der Waals surface area contributed by atoms with Crippen LogP contribution in [0.2, 0.25) is 0 Å². The second-order valence-electron chi connectivity index (χ2n) is 4.57. The van der Waals surface area contributed by atoms with Gasteiger partial charge in [-0.2, -0.15) is 0 Å². The molecule has 0 atom stereocenters. The summed E-state index contributed by atoms with van der Waals surface area (Å²) in [6, 6.07) is 0. The van der Waals surface area contributed by atoms with Crippen LogP contribution in [0.3, 0.4) is 0 Å². The number of allylic oxidation sites excluding steroid dienone is 1. The predicted molar refractivity (Wildman–Crippen MR) is 70.6 cm³/mol. The van der Waals surface area contributed by atoms with Crippen LogP contribution in [-0.4, -0.2) is 22.0 Å². The molecule has 0 aliphatic heterocycles. The van der Waals surface area contributed by atoms with Crippen LogP contribution < -0.4 is 0 Å². The molecular formula is C14H24O4. The Bertz CT molecular complexity index is 305. The number of aliphatic carboxylic acids is 1. The van der Waals surface area contributed by atoms with E-state index < -0.39 is 17.5 Å². The maximum absolute atomic E-state index is 11.5. The summed E-state index contributed by atoms with van der Waals surface area (Å²) in [7, 11) is 0. The fourth-order valence-electron chi connectivity index (χ4n) is 1.67. The lowest BCUT2D eigenvalue weighted by atomic mass is 10.0. The van der Waals surface area contributed by atoms with Gasteiger partial charge in [0.25, 0.3) is 0 Å². The number of carbonyl (C=O) groups excluding carboxylic acids is 1. The molecule has 0 fully saturated rings. The van der Waals surface area contributed by atoms with Crippen LogP contribution in [0.25, 0.3) is 0 Å². The minimum atomic E-state index is -1.25. The monoisotopic (exact) mass is 256 g/mol. The van der Waals surface area contributed by atoms with Crippen LogP contribution in [0.4, 0.5) is 0 Å². The number of carboxylic acids is 1. The normalized spacial score (nSPS) is 12.1. The highest BCUT2D eigenvalue weighted by Gasteiger charge is 2.15. The molecule has 0 saturated carbocycles. The average Bonchev–Trinajstić information content (AvgIpc) is 2.35. The van der Waals surface area contributed by atoms with E-state index >= 15 is 0 Å². The number of unbranched alkanes of at least 4 members (excludes halogenated alkanes) is 6. The minimum absolute atomic E-state index is 0.226. The quantitative estimate of drug-likeness (QED) is 0.355. The van der Waals surface area contributed by atoms with Crippen molar-refractivity contribution in [2.24, 2.45) is 0 Å². The van der Waals surface area contributed by atoms with Crippen molar-refractivity contribution in [1.82, 2.24) is 0 Å². The molecule has 0 aromatic heterocycles. The van der Waals surface area contributed by atoms with Gasteiger partial charge in [0.2, 0.25) is 0 Å². The van der Waals surface area contributed by atoms with Gasteiger partial charge >= 0.3 is 5.97 Å². The van der Waals surface area contributed by atoms with E-state index in [9.17, 15) is 14.7 Å². The molecule has 0 saturated heterocycles. The third kappa shape index (κ3) is 7.09. The van der Waals surface area contributed by atoms with Crippen molar-refractivity contribution in [3.8, 4) is 0 Å². The molecule has 0 unspecified atom stereocenters. The number of aliphatic hydroxyl groups is 1. The first-order chi connectivity index (χ1) is 8.50. The first-order valence-corrected chi connectivity index (χ1v) is 6.67. The Morgan fingerprint density at radius 3 is 1.89 bits per heavy atom. The van der Waals surface area contributed by atoms with E-state index in [1.54, 1.807) is 0 Å². The molecule has 0 amide bonds. The van der Waals surface area contributed by atoms with Gasteiger partial charge in [0.1, 0.15) is 0 Å². The summed E-state index contributed by atoms with van der Waals surface area (Å²) in [5, 5.41) is 18.0. The van der Waals surface area contributed by atoms with Gasteiger partial charge in [-0.15, -0.1) is 0 Å². The molecule has 0 spiro atoms. The van der Waals surface area contributed by atoms with Crippen LogP contribution >= 0.6 is 0 Å². The third-order valence-electron chi connectivity index (χ3n) is 2.95. The number of Topliss-reactive ketones (excluding diaryl/α,β-unsaturated/α-hetero) is 1. The van der Waals surface area contributed by atoms with Crippen LogP contribution in [0.5, 0.6) is 0 Å². The fourth-order valence-corrected chi connectivity index (χ4v) is 1.67. The number of carboxylic acid groups (broad SMARTS) is 1. The number of hydrogen-bond acceptors (Lipinski definition) is 3. The summed E-state index contributed by atoms with van der Waals surface area (Å²) >= 11 is 0. The maximum atomic E-state index is 11.5.